The lowest BCUT2D eigenvalue weighted by atomic mass is 10.2. The van der Waals surface area contributed by atoms with Gasteiger partial charge < -0.3 is 0 Å². The summed E-state index contributed by atoms with van der Waals surface area (Å²) in [7, 11) is 0. The van der Waals surface area contributed by atoms with Gasteiger partial charge >= 0.3 is 0 Å². The topological polar surface area (TPSA) is 60.2 Å². The van der Waals surface area contributed by atoms with E-state index in [4.69, 9.17) is 0 Å². The molecular weight excluding hydrogens is 230 g/mol. The molecule has 0 spiro atoms. The second-order valence-corrected chi connectivity index (χ2v) is 3.59. The van der Waals surface area contributed by atoms with Crippen LogP contribution in [0.3, 0.4) is 0 Å². The molecule has 0 aliphatic carbocycles. The van der Waals surface area contributed by atoms with Crippen LogP contribution in [0.5, 0.6) is 0 Å². The first kappa shape index (κ1) is 13.6. The fourth-order valence-corrected chi connectivity index (χ4v) is 1.29. The Labute approximate surface area is 105 Å². The number of carbonyl (C=O) groups excluding carboxylic acids is 1. The summed E-state index contributed by atoms with van der Waals surface area (Å²) in [6, 6.07) is 16.1. The third-order valence-corrected chi connectivity index (χ3v) is 2.20. The van der Waals surface area contributed by atoms with Crippen LogP contribution < -0.4 is 0 Å². The summed E-state index contributed by atoms with van der Waals surface area (Å²) >= 11 is 0. The Bertz CT molecular complexity index is 524. The summed E-state index contributed by atoms with van der Waals surface area (Å²) in [5.41, 5.74) is 1.28. The molecule has 0 heterocycles. The molecule has 4 heteroatoms. The van der Waals surface area contributed by atoms with Gasteiger partial charge in [0.05, 0.1) is 10.5 Å². The number of nitro groups is 1. The highest BCUT2D eigenvalue weighted by atomic mass is 16.6. The van der Waals surface area contributed by atoms with Crippen LogP contribution in [0.2, 0.25) is 0 Å². The molecule has 0 fully saturated rings. The molecule has 2 aromatic carbocycles. The maximum atomic E-state index is 10.2. The Morgan fingerprint density at radius 2 is 1.56 bits per heavy atom. The lowest BCUT2D eigenvalue weighted by Crippen LogP contribution is -1.92. The van der Waals surface area contributed by atoms with E-state index in [1.54, 1.807) is 6.07 Å². The molecule has 0 atom stereocenters. The van der Waals surface area contributed by atoms with Crippen molar-refractivity contribution in [3.05, 3.63) is 75.8 Å². The zero-order chi connectivity index (χ0) is 13.4. The van der Waals surface area contributed by atoms with Gasteiger partial charge in [-0.25, -0.2) is 0 Å². The molecule has 18 heavy (non-hydrogen) atoms. The number of benzene rings is 2. The number of hydrogen-bond acceptors (Lipinski definition) is 3. The van der Waals surface area contributed by atoms with Crippen molar-refractivity contribution in [3.63, 3.8) is 0 Å². The molecule has 0 saturated heterocycles. The Morgan fingerprint density at radius 3 is 1.94 bits per heavy atom. The van der Waals surface area contributed by atoms with Crippen LogP contribution in [0.1, 0.15) is 15.9 Å². The third kappa shape index (κ3) is 4.17. The van der Waals surface area contributed by atoms with Gasteiger partial charge in [-0.15, -0.1) is 0 Å². The smallest absolute Gasteiger partial charge is 0.279 e. The number of aryl methyl sites for hydroxylation is 1. The van der Waals surface area contributed by atoms with Crippen molar-refractivity contribution in [2.24, 2.45) is 0 Å². The number of aldehydes is 1. The zero-order valence-electron chi connectivity index (χ0n) is 9.95. The number of rotatable bonds is 2. The molecule has 2 rings (SSSR count). The zero-order valence-corrected chi connectivity index (χ0v) is 9.95. The van der Waals surface area contributed by atoms with Crippen molar-refractivity contribution in [2.45, 2.75) is 6.92 Å². The molecule has 0 radical (unpaired) electrons. The monoisotopic (exact) mass is 243 g/mol. The molecule has 0 aromatic heterocycles. The van der Waals surface area contributed by atoms with E-state index < -0.39 is 4.92 Å². The van der Waals surface area contributed by atoms with Crippen LogP contribution in [-0.4, -0.2) is 11.2 Å². The number of nitrogens with zero attached hydrogens (tertiary/aromatic N) is 1. The van der Waals surface area contributed by atoms with E-state index in [2.05, 4.69) is 19.1 Å². The summed E-state index contributed by atoms with van der Waals surface area (Å²) in [5, 5.41) is 10.2. The van der Waals surface area contributed by atoms with E-state index in [9.17, 15) is 14.9 Å². The quantitative estimate of drug-likeness (QED) is 0.461. The second kappa shape index (κ2) is 6.96. The van der Waals surface area contributed by atoms with Crippen LogP contribution in [-0.2, 0) is 0 Å². The summed E-state index contributed by atoms with van der Waals surface area (Å²) < 4.78 is 0. The summed E-state index contributed by atoms with van der Waals surface area (Å²) in [4.78, 5) is 19.9. The molecule has 0 aliphatic rings. The first-order valence-electron chi connectivity index (χ1n) is 5.35. The van der Waals surface area contributed by atoms with Gasteiger partial charge in [-0.05, 0) is 13.0 Å². The van der Waals surface area contributed by atoms with Crippen molar-refractivity contribution in [1.82, 2.24) is 0 Å². The fraction of sp³-hybridized carbons (Fsp3) is 0.0714. The molecular formula is C14H13NO3. The van der Waals surface area contributed by atoms with E-state index in [0.717, 1.165) is 0 Å². The van der Waals surface area contributed by atoms with Gasteiger partial charge in [0.2, 0.25) is 0 Å². The highest BCUT2D eigenvalue weighted by Crippen LogP contribution is 2.14. The van der Waals surface area contributed by atoms with Crippen molar-refractivity contribution in [1.29, 1.82) is 0 Å². The van der Waals surface area contributed by atoms with Crippen molar-refractivity contribution in [3.8, 4) is 0 Å². The van der Waals surface area contributed by atoms with Crippen LogP contribution in [0.15, 0.2) is 54.6 Å². The van der Waals surface area contributed by atoms with Crippen molar-refractivity contribution in [2.75, 3.05) is 0 Å². The standard InChI is InChI=1S/C7H5NO3.C7H8/c9-5-6-3-1-2-4-7(6)8(10)11;1-7-5-3-2-4-6-7/h1-5H;2-6H,1H3. The lowest BCUT2D eigenvalue weighted by Gasteiger charge is -1.91. The maximum Gasteiger partial charge on any atom is 0.279 e. The lowest BCUT2D eigenvalue weighted by molar-refractivity contribution is -0.385. The number of carbonyl (C=O) groups is 1. The molecule has 92 valence electrons. The molecule has 0 saturated carbocycles. The van der Waals surface area contributed by atoms with E-state index in [1.165, 1.54) is 23.8 Å². The van der Waals surface area contributed by atoms with E-state index in [0.29, 0.717) is 6.29 Å². The van der Waals surface area contributed by atoms with Crippen LogP contribution >= 0.6 is 0 Å². The van der Waals surface area contributed by atoms with Crippen molar-refractivity contribution >= 4 is 12.0 Å². The molecule has 4 nitrogen and oxygen atoms in total. The Morgan fingerprint density at radius 1 is 1.00 bits per heavy atom. The van der Waals surface area contributed by atoms with E-state index in [-0.39, 0.29) is 11.3 Å². The minimum absolute atomic E-state index is 0.109. The summed E-state index contributed by atoms with van der Waals surface area (Å²) in [5.74, 6) is 0. The molecule has 0 amide bonds. The van der Waals surface area contributed by atoms with Gasteiger partial charge in [0.25, 0.3) is 5.69 Å². The highest BCUT2D eigenvalue weighted by Gasteiger charge is 2.09. The molecule has 0 unspecified atom stereocenters. The normalized spacial score (nSPS) is 8.94. The van der Waals surface area contributed by atoms with Gasteiger partial charge in [-0.1, -0.05) is 48.0 Å². The Balaban J connectivity index is 0.000000199. The second-order valence-electron chi connectivity index (χ2n) is 3.59. The molecule has 0 bridgehead atoms. The minimum atomic E-state index is -0.580. The van der Waals surface area contributed by atoms with Crippen LogP contribution in [0.4, 0.5) is 5.69 Å². The Kier molecular flexibility index (Phi) is 5.25. The number of para-hydroxylation sites is 1. The van der Waals surface area contributed by atoms with Crippen LogP contribution in [0.25, 0.3) is 0 Å². The Hall–Kier alpha value is -2.49. The number of hydrogen-bond donors (Lipinski definition) is 0. The largest absolute Gasteiger partial charge is 0.298 e. The minimum Gasteiger partial charge on any atom is -0.298 e. The maximum absolute atomic E-state index is 10.2. The molecule has 0 aliphatic heterocycles. The van der Waals surface area contributed by atoms with Crippen molar-refractivity contribution < 1.29 is 9.72 Å². The molecule has 2 aromatic rings. The summed E-state index contributed by atoms with van der Waals surface area (Å²) in [6.07, 6.45) is 0.470. The average Bonchev–Trinajstić information content (AvgIpc) is 2.40. The van der Waals surface area contributed by atoms with Gasteiger partial charge in [0.1, 0.15) is 0 Å². The number of nitro benzene ring substituents is 1. The van der Waals surface area contributed by atoms with Gasteiger partial charge in [-0.3, -0.25) is 14.9 Å². The SMILES string of the molecule is Cc1ccccc1.O=Cc1ccccc1[N+](=O)[O-]. The predicted octanol–water partition coefficient (Wildman–Crippen LogP) is 3.40. The predicted molar refractivity (Wildman–Crippen MR) is 69.7 cm³/mol. The third-order valence-electron chi connectivity index (χ3n) is 2.20. The van der Waals surface area contributed by atoms with Gasteiger partial charge in [0, 0.05) is 6.07 Å². The first-order chi connectivity index (χ1) is 8.65. The van der Waals surface area contributed by atoms with Gasteiger partial charge in [0.15, 0.2) is 6.29 Å². The van der Waals surface area contributed by atoms with Gasteiger partial charge in [-0.2, -0.15) is 0 Å². The molecule has 0 N–H and O–H groups in total. The van der Waals surface area contributed by atoms with E-state index >= 15 is 0 Å². The highest BCUT2D eigenvalue weighted by molar-refractivity contribution is 5.81. The van der Waals surface area contributed by atoms with E-state index in [1.807, 2.05) is 18.2 Å². The average molecular weight is 243 g/mol. The summed E-state index contributed by atoms with van der Waals surface area (Å²) in [6.45, 7) is 2.08. The van der Waals surface area contributed by atoms with Crippen LogP contribution in [0, 0.1) is 17.0 Å². The fourth-order valence-electron chi connectivity index (χ4n) is 1.29. The first-order valence-corrected chi connectivity index (χ1v) is 5.35.